The van der Waals surface area contributed by atoms with Crippen LogP contribution in [0.4, 0.5) is 0 Å². The first kappa shape index (κ1) is 23.6. The second kappa shape index (κ2) is 11.0. The highest BCUT2D eigenvalue weighted by molar-refractivity contribution is 6.11. The molecule has 32 heavy (non-hydrogen) atoms. The van der Waals surface area contributed by atoms with Gasteiger partial charge in [0, 0.05) is 22.6 Å². The van der Waals surface area contributed by atoms with E-state index in [2.05, 4.69) is 11.5 Å². The van der Waals surface area contributed by atoms with Gasteiger partial charge in [-0.05, 0) is 31.5 Å². The summed E-state index contributed by atoms with van der Waals surface area (Å²) in [4.78, 5) is 29.5. The quantitative estimate of drug-likeness (QED) is 0.316. The third kappa shape index (κ3) is 5.07. The number of likely N-dealkylation sites (tertiary alicyclic amines) is 1. The standard InChI is InChI=1S/C28H27NO2.ClH/c1-21(27(30)23-15-7-3-8-16-23)25(22-13-5-2-6-14-22)26(29-19-11-12-20-29)28(31)24-17-9-4-10-18-24;/h2-10,13-18,25-26H,1,11-12,19-20H2;1H. The van der Waals surface area contributed by atoms with E-state index < -0.39 is 12.0 Å². The number of Topliss-reactive ketones (excluding diaryl/α,β-unsaturated/α-hetero) is 2. The molecule has 0 spiro atoms. The van der Waals surface area contributed by atoms with Crippen molar-refractivity contribution in [2.75, 3.05) is 13.1 Å². The van der Waals surface area contributed by atoms with E-state index in [-0.39, 0.29) is 24.0 Å². The maximum atomic E-state index is 13.8. The highest BCUT2D eigenvalue weighted by Crippen LogP contribution is 2.35. The molecule has 3 nitrogen and oxygen atoms in total. The second-order valence-electron chi connectivity index (χ2n) is 8.03. The smallest absolute Gasteiger partial charge is 0.189 e. The van der Waals surface area contributed by atoms with Crippen molar-refractivity contribution in [2.24, 2.45) is 0 Å². The molecule has 4 rings (SSSR count). The van der Waals surface area contributed by atoms with Gasteiger partial charge in [-0.25, -0.2) is 0 Å². The summed E-state index contributed by atoms with van der Waals surface area (Å²) in [5, 5.41) is 0. The number of ketones is 2. The summed E-state index contributed by atoms with van der Waals surface area (Å²) in [6.07, 6.45) is 2.11. The molecule has 1 aliphatic heterocycles. The van der Waals surface area contributed by atoms with E-state index in [0.717, 1.165) is 31.5 Å². The van der Waals surface area contributed by atoms with Crippen molar-refractivity contribution in [3.8, 4) is 0 Å². The SMILES string of the molecule is C=C(C(=O)c1ccccc1)C(c1ccccc1)C(C(=O)c1ccccc1)N1CCCC1.Cl. The number of hydrogen-bond donors (Lipinski definition) is 0. The average Bonchev–Trinajstić information content (AvgIpc) is 3.37. The number of benzene rings is 3. The predicted molar refractivity (Wildman–Crippen MR) is 132 cm³/mol. The molecule has 4 heteroatoms. The highest BCUT2D eigenvalue weighted by atomic mass is 35.5. The zero-order valence-electron chi connectivity index (χ0n) is 18.0. The molecule has 0 bridgehead atoms. The molecular weight excluding hydrogens is 418 g/mol. The normalized spacial score (nSPS) is 15.4. The Balaban J connectivity index is 0.00000289. The van der Waals surface area contributed by atoms with Crippen LogP contribution >= 0.6 is 12.4 Å². The van der Waals surface area contributed by atoms with Crippen LogP contribution in [0.3, 0.4) is 0 Å². The number of hydrogen-bond acceptors (Lipinski definition) is 3. The van der Waals surface area contributed by atoms with Gasteiger partial charge in [0.2, 0.25) is 0 Å². The number of rotatable bonds is 8. The molecule has 0 radical (unpaired) electrons. The van der Waals surface area contributed by atoms with Crippen molar-refractivity contribution < 1.29 is 9.59 Å². The van der Waals surface area contributed by atoms with Crippen molar-refractivity contribution in [3.05, 3.63) is 120 Å². The fourth-order valence-electron chi connectivity index (χ4n) is 4.47. The zero-order valence-corrected chi connectivity index (χ0v) is 18.8. The number of halogens is 1. The first-order valence-corrected chi connectivity index (χ1v) is 10.8. The Bertz CT molecular complexity index is 1040. The van der Waals surface area contributed by atoms with Crippen LogP contribution in [0, 0.1) is 0 Å². The van der Waals surface area contributed by atoms with Crippen molar-refractivity contribution in [2.45, 2.75) is 24.8 Å². The third-order valence-corrected chi connectivity index (χ3v) is 6.04. The van der Waals surface area contributed by atoms with Gasteiger partial charge in [0.1, 0.15) is 0 Å². The fourth-order valence-corrected chi connectivity index (χ4v) is 4.47. The summed E-state index contributed by atoms with van der Waals surface area (Å²) >= 11 is 0. The molecule has 1 heterocycles. The van der Waals surface area contributed by atoms with E-state index >= 15 is 0 Å². The van der Waals surface area contributed by atoms with Gasteiger partial charge in [0.25, 0.3) is 0 Å². The molecule has 0 aromatic heterocycles. The van der Waals surface area contributed by atoms with Gasteiger partial charge in [-0.1, -0.05) is 97.6 Å². The van der Waals surface area contributed by atoms with E-state index in [9.17, 15) is 9.59 Å². The highest BCUT2D eigenvalue weighted by Gasteiger charge is 2.39. The van der Waals surface area contributed by atoms with Crippen LogP contribution in [0.2, 0.25) is 0 Å². The van der Waals surface area contributed by atoms with Gasteiger partial charge in [-0.15, -0.1) is 12.4 Å². The minimum Gasteiger partial charge on any atom is -0.292 e. The number of nitrogens with zero attached hydrogens (tertiary/aromatic N) is 1. The fraction of sp³-hybridized carbons (Fsp3) is 0.214. The molecule has 2 unspecified atom stereocenters. The Morgan fingerprint density at radius 3 is 1.72 bits per heavy atom. The summed E-state index contributed by atoms with van der Waals surface area (Å²) < 4.78 is 0. The number of carbonyl (C=O) groups excluding carboxylic acids is 2. The van der Waals surface area contributed by atoms with E-state index in [1.165, 1.54) is 0 Å². The lowest BCUT2D eigenvalue weighted by Gasteiger charge is -2.34. The Kier molecular flexibility index (Phi) is 8.15. The van der Waals surface area contributed by atoms with Crippen molar-refractivity contribution in [1.29, 1.82) is 0 Å². The molecule has 164 valence electrons. The average molecular weight is 446 g/mol. The molecule has 0 saturated carbocycles. The Hall–Kier alpha value is -3.01. The molecule has 2 atom stereocenters. The van der Waals surface area contributed by atoms with E-state index in [4.69, 9.17) is 0 Å². The number of carbonyl (C=O) groups is 2. The topological polar surface area (TPSA) is 37.4 Å². The van der Waals surface area contributed by atoms with Crippen LogP contribution < -0.4 is 0 Å². The Morgan fingerprint density at radius 2 is 1.19 bits per heavy atom. The lowest BCUT2D eigenvalue weighted by Crippen LogP contribution is -2.45. The molecule has 0 amide bonds. The molecule has 1 fully saturated rings. The zero-order chi connectivity index (χ0) is 21.6. The first-order chi connectivity index (χ1) is 15.2. The second-order valence-corrected chi connectivity index (χ2v) is 8.03. The van der Waals surface area contributed by atoms with Crippen LogP contribution in [-0.4, -0.2) is 35.6 Å². The Morgan fingerprint density at radius 1 is 0.719 bits per heavy atom. The van der Waals surface area contributed by atoms with Crippen LogP contribution in [-0.2, 0) is 0 Å². The van der Waals surface area contributed by atoms with E-state index in [0.29, 0.717) is 16.7 Å². The predicted octanol–water partition coefficient (Wildman–Crippen LogP) is 5.98. The summed E-state index contributed by atoms with van der Waals surface area (Å²) in [6.45, 7) is 5.94. The molecule has 3 aromatic rings. The van der Waals surface area contributed by atoms with Crippen molar-refractivity contribution in [3.63, 3.8) is 0 Å². The van der Waals surface area contributed by atoms with Gasteiger partial charge in [0.05, 0.1) is 6.04 Å². The van der Waals surface area contributed by atoms with E-state index in [1.807, 2.05) is 78.9 Å². The lowest BCUT2D eigenvalue weighted by atomic mass is 9.78. The van der Waals surface area contributed by atoms with Crippen LogP contribution in [0.5, 0.6) is 0 Å². The van der Waals surface area contributed by atoms with Crippen molar-refractivity contribution >= 4 is 24.0 Å². The largest absolute Gasteiger partial charge is 0.292 e. The third-order valence-electron chi connectivity index (χ3n) is 6.04. The monoisotopic (exact) mass is 445 g/mol. The summed E-state index contributed by atoms with van der Waals surface area (Å²) in [6, 6.07) is 28.0. The lowest BCUT2D eigenvalue weighted by molar-refractivity contribution is 0.0821. The summed E-state index contributed by atoms with van der Waals surface area (Å²) in [5.74, 6) is -0.488. The maximum absolute atomic E-state index is 13.8. The molecule has 1 saturated heterocycles. The van der Waals surface area contributed by atoms with Crippen molar-refractivity contribution in [1.82, 2.24) is 4.90 Å². The van der Waals surface area contributed by atoms with Crippen LogP contribution in [0.25, 0.3) is 0 Å². The van der Waals surface area contributed by atoms with Crippen LogP contribution in [0.15, 0.2) is 103 Å². The molecular formula is C28H28ClNO2. The molecule has 3 aromatic carbocycles. The van der Waals surface area contributed by atoms with Gasteiger partial charge >= 0.3 is 0 Å². The van der Waals surface area contributed by atoms with Crippen LogP contribution in [0.1, 0.15) is 45.0 Å². The maximum Gasteiger partial charge on any atom is 0.189 e. The summed E-state index contributed by atoms with van der Waals surface area (Å²) in [5.41, 5.74) is 2.66. The van der Waals surface area contributed by atoms with Gasteiger partial charge in [-0.2, -0.15) is 0 Å². The summed E-state index contributed by atoms with van der Waals surface area (Å²) in [7, 11) is 0. The molecule has 1 aliphatic rings. The van der Waals surface area contributed by atoms with Gasteiger partial charge in [0.15, 0.2) is 11.6 Å². The van der Waals surface area contributed by atoms with E-state index in [1.54, 1.807) is 12.1 Å². The first-order valence-electron chi connectivity index (χ1n) is 10.8. The van der Waals surface area contributed by atoms with Gasteiger partial charge < -0.3 is 0 Å². The molecule has 0 N–H and O–H groups in total. The Labute approximate surface area is 196 Å². The van der Waals surface area contributed by atoms with Gasteiger partial charge in [-0.3, -0.25) is 14.5 Å². The minimum absolute atomic E-state index is 0. The molecule has 0 aliphatic carbocycles. The minimum atomic E-state index is -0.465.